The summed E-state index contributed by atoms with van der Waals surface area (Å²) in [5.41, 5.74) is 2.46. The first kappa shape index (κ1) is 10.9. The summed E-state index contributed by atoms with van der Waals surface area (Å²) < 4.78 is 1.84. The minimum absolute atomic E-state index is 0.924. The van der Waals surface area contributed by atoms with Crippen LogP contribution >= 0.6 is 0 Å². The van der Waals surface area contributed by atoms with E-state index in [4.69, 9.17) is 0 Å². The molecule has 0 spiro atoms. The molecule has 0 aliphatic carbocycles. The highest BCUT2D eigenvalue weighted by atomic mass is 15.2. The Bertz CT molecular complexity index is 420. The summed E-state index contributed by atoms with van der Waals surface area (Å²) in [6, 6.07) is 12.5. The molecule has 0 aliphatic rings. The summed E-state index contributed by atoms with van der Waals surface area (Å²) in [7, 11) is 1.95. The molecule has 1 aromatic heterocycles. The third-order valence-electron chi connectivity index (χ3n) is 2.50. The molecule has 0 fully saturated rings. The van der Waals surface area contributed by atoms with E-state index in [1.165, 1.54) is 5.56 Å². The Balaban J connectivity index is 1.69. The predicted molar refractivity (Wildman–Crippen MR) is 65.1 cm³/mol. The number of rotatable bonds is 5. The molecule has 2 rings (SSSR count). The summed E-state index contributed by atoms with van der Waals surface area (Å²) in [6.07, 6.45) is 2.96. The molecular formula is C13H17N3. The summed E-state index contributed by atoms with van der Waals surface area (Å²) in [5.74, 6) is 0. The number of aryl methyl sites for hydroxylation is 1. The predicted octanol–water partition coefficient (Wildman–Crippen LogP) is 1.75. The van der Waals surface area contributed by atoms with Gasteiger partial charge in [-0.05, 0) is 11.6 Å². The van der Waals surface area contributed by atoms with Crippen molar-refractivity contribution in [2.75, 3.05) is 6.54 Å². The van der Waals surface area contributed by atoms with Gasteiger partial charge in [0.05, 0.1) is 5.69 Å². The second kappa shape index (κ2) is 5.47. The van der Waals surface area contributed by atoms with Crippen LogP contribution in [0.3, 0.4) is 0 Å². The van der Waals surface area contributed by atoms with Crippen molar-refractivity contribution in [1.29, 1.82) is 0 Å². The van der Waals surface area contributed by atoms with E-state index in [1.54, 1.807) is 0 Å². The molecule has 0 saturated carbocycles. The molecule has 16 heavy (non-hydrogen) atoms. The van der Waals surface area contributed by atoms with E-state index in [9.17, 15) is 0 Å². The van der Waals surface area contributed by atoms with Crippen LogP contribution in [0.25, 0.3) is 0 Å². The van der Waals surface area contributed by atoms with Gasteiger partial charge in [-0.15, -0.1) is 0 Å². The zero-order chi connectivity index (χ0) is 11.2. The molecule has 1 aromatic carbocycles. The van der Waals surface area contributed by atoms with Gasteiger partial charge in [-0.3, -0.25) is 4.68 Å². The maximum absolute atomic E-state index is 4.33. The zero-order valence-electron chi connectivity index (χ0n) is 9.56. The van der Waals surface area contributed by atoms with E-state index >= 15 is 0 Å². The van der Waals surface area contributed by atoms with E-state index in [0.717, 1.165) is 25.2 Å². The van der Waals surface area contributed by atoms with Gasteiger partial charge < -0.3 is 5.32 Å². The van der Waals surface area contributed by atoms with Crippen LogP contribution in [0, 0.1) is 0 Å². The van der Waals surface area contributed by atoms with Crippen molar-refractivity contribution in [2.24, 2.45) is 7.05 Å². The maximum Gasteiger partial charge on any atom is 0.0637 e. The highest BCUT2D eigenvalue weighted by Gasteiger charge is 1.96. The third kappa shape index (κ3) is 3.21. The van der Waals surface area contributed by atoms with Gasteiger partial charge in [0.1, 0.15) is 0 Å². The second-order valence-electron chi connectivity index (χ2n) is 3.89. The lowest BCUT2D eigenvalue weighted by Crippen LogP contribution is -2.16. The van der Waals surface area contributed by atoms with Crippen molar-refractivity contribution in [1.82, 2.24) is 15.1 Å². The van der Waals surface area contributed by atoms with Crippen LogP contribution in [0.5, 0.6) is 0 Å². The number of hydrogen-bond donors (Lipinski definition) is 1. The molecule has 0 unspecified atom stereocenters. The second-order valence-corrected chi connectivity index (χ2v) is 3.89. The van der Waals surface area contributed by atoms with Gasteiger partial charge in [-0.25, -0.2) is 0 Å². The largest absolute Gasteiger partial charge is 0.312 e. The van der Waals surface area contributed by atoms with Crippen molar-refractivity contribution in [3.05, 3.63) is 53.9 Å². The van der Waals surface area contributed by atoms with Gasteiger partial charge in [0.15, 0.2) is 0 Å². The first-order chi connectivity index (χ1) is 7.84. The van der Waals surface area contributed by atoms with Gasteiger partial charge in [0.2, 0.25) is 0 Å². The highest BCUT2D eigenvalue weighted by molar-refractivity contribution is 5.14. The van der Waals surface area contributed by atoms with Crippen LogP contribution in [-0.4, -0.2) is 16.3 Å². The molecule has 0 bridgehead atoms. The Morgan fingerprint density at radius 3 is 2.69 bits per heavy atom. The quantitative estimate of drug-likeness (QED) is 0.770. The standard InChI is InChI=1S/C13H17N3/c1-16-10-8-13(15-16)7-9-14-11-12-5-3-2-4-6-12/h2-6,8,10,14H,7,9,11H2,1H3. The molecule has 2 aromatic rings. The van der Waals surface area contributed by atoms with E-state index in [0.29, 0.717) is 0 Å². The minimum atomic E-state index is 0.924. The molecular weight excluding hydrogens is 198 g/mol. The number of benzene rings is 1. The molecule has 3 nitrogen and oxygen atoms in total. The van der Waals surface area contributed by atoms with Crippen molar-refractivity contribution in [3.63, 3.8) is 0 Å². The van der Waals surface area contributed by atoms with Crippen LogP contribution < -0.4 is 5.32 Å². The van der Waals surface area contributed by atoms with Crippen LogP contribution in [0.2, 0.25) is 0 Å². The fourth-order valence-electron chi connectivity index (χ4n) is 1.64. The number of nitrogens with zero attached hydrogens (tertiary/aromatic N) is 2. The monoisotopic (exact) mass is 215 g/mol. The summed E-state index contributed by atoms with van der Waals surface area (Å²) in [4.78, 5) is 0. The van der Waals surface area contributed by atoms with E-state index in [2.05, 4.69) is 40.7 Å². The lowest BCUT2D eigenvalue weighted by molar-refractivity contribution is 0.665. The molecule has 0 saturated heterocycles. The SMILES string of the molecule is Cn1ccc(CCNCc2ccccc2)n1. The average Bonchev–Trinajstić information content (AvgIpc) is 2.72. The Kier molecular flexibility index (Phi) is 3.72. The summed E-state index contributed by atoms with van der Waals surface area (Å²) >= 11 is 0. The Morgan fingerprint density at radius 1 is 1.19 bits per heavy atom. The molecule has 0 radical (unpaired) electrons. The van der Waals surface area contributed by atoms with E-state index in [-0.39, 0.29) is 0 Å². The minimum Gasteiger partial charge on any atom is -0.312 e. The lowest BCUT2D eigenvalue weighted by Gasteiger charge is -2.03. The fourth-order valence-corrected chi connectivity index (χ4v) is 1.64. The number of hydrogen-bond acceptors (Lipinski definition) is 2. The normalized spacial score (nSPS) is 10.6. The van der Waals surface area contributed by atoms with Crippen LogP contribution in [-0.2, 0) is 20.0 Å². The number of aromatic nitrogens is 2. The first-order valence-electron chi connectivity index (χ1n) is 5.58. The average molecular weight is 215 g/mol. The van der Waals surface area contributed by atoms with E-state index in [1.807, 2.05) is 24.0 Å². The van der Waals surface area contributed by atoms with Gasteiger partial charge in [-0.2, -0.15) is 5.10 Å². The van der Waals surface area contributed by atoms with Gasteiger partial charge >= 0.3 is 0 Å². The van der Waals surface area contributed by atoms with Crippen LogP contribution in [0.15, 0.2) is 42.6 Å². The Morgan fingerprint density at radius 2 is 2.00 bits per heavy atom. The molecule has 1 heterocycles. The molecule has 84 valence electrons. The van der Waals surface area contributed by atoms with Crippen molar-refractivity contribution in [2.45, 2.75) is 13.0 Å². The van der Waals surface area contributed by atoms with Crippen molar-refractivity contribution >= 4 is 0 Å². The first-order valence-corrected chi connectivity index (χ1v) is 5.58. The van der Waals surface area contributed by atoms with Crippen LogP contribution in [0.4, 0.5) is 0 Å². The summed E-state index contributed by atoms with van der Waals surface area (Å²) in [6.45, 7) is 1.89. The maximum atomic E-state index is 4.33. The molecule has 3 heteroatoms. The van der Waals surface area contributed by atoms with Crippen molar-refractivity contribution in [3.8, 4) is 0 Å². The Labute approximate surface area is 96.1 Å². The van der Waals surface area contributed by atoms with E-state index < -0.39 is 0 Å². The highest BCUT2D eigenvalue weighted by Crippen LogP contribution is 1.98. The summed E-state index contributed by atoms with van der Waals surface area (Å²) in [5, 5.41) is 7.74. The lowest BCUT2D eigenvalue weighted by atomic mass is 10.2. The third-order valence-corrected chi connectivity index (χ3v) is 2.50. The molecule has 0 atom stereocenters. The topological polar surface area (TPSA) is 29.9 Å². The molecule has 0 aliphatic heterocycles. The van der Waals surface area contributed by atoms with Crippen LogP contribution in [0.1, 0.15) is 11.3 Å². The zero-order valence-corrected chi connectivity index (χ0v) is 9.56. The fraction of sp³-hybridized carbons (Fsp3) is 0.308. The molecule has 1 N–H and O–H groups in total. The van der Waals surface area contributed by atoms with Gasteiger partial charge in [0.25, 0.3) is 0 Å². The van der Waals surface area contributed by atoms with Crippen molar-refractivity contribution < 1.29 is 0 Å². The number of nitrogens with one attached hydrogen (secondary N) is 1. The Hall–Kier alpha value is -1.61. The van der Waals surface area contributed by atoms with Gasteiger partial charge in [0, 0.05) is 32.8 Å². The smallest absolute Gasteiger partial charge is 0.0637 e. The molecule has 0 amide bonds. The van der Waals surface area contributed by atoms with Gasteiger partial charge in [-0.1, -0.05) is 30.3 Å².